The van der Waals surface area contributed by atoms with E-state index in [4.69, 9.17) is 4.74 Å². The van der Waals surface area contributed by atoms with Crippen molar-refractivity contribution in [2.75, 3.05) is 11.9 Å². The molecule has 39 heavy (non-hydrogen) atoms. The number of ether oxygens (including phenoxy) is 1. The highest BCUT2D eigenvalue weighted by atomic mass is 79.9. The second-order valence-electron chi connectivity index (χ2n) is 9.89. The average molecular weight is 592 g/mol. The minimum Gasteiger partial charge on any atom is -0.483 e. The molecule has 0 saturated heterocycles. The van der Waals surface area contributed by atoms with Crippen LogP contribution in [0.15, 0.2) is 75.0 Å². The van der Waals surface area contributed by atoms with Crippen molar-refractivity contribution in [3.05, 3.63) is 103 Å². The van der Waals surface area contributed by atoms with E-state index in [2.05, 4.69) is 31.3 Å². The van der Waals surface area contributed by atoms with E-state index in [1.807, 2.05) is 39.8 Å². The lowest BCUT2D eigenvalue weighted by atomic mass is 9.95. The third-order valence-electron chi connectivity index (χ3n) is 5.69. The molecule has 0 aliphatic rings. The number of aromatic nitrogens is 2. The van der Waals surface area contributed by atoms with Crippen LogP contribution in [0.2, 0.25) is 0 Å². The predicted octanol–water partition coefficient (Wildman–Crippen LogP) is 5.57. The number of nitro benzene ring substituents is 1. The molecule has 1 N–H and O–H groups in total. The minimum atomic E-state index is -0.549. The van der Waals surface area contributed by atoms with Crippen LogP contribution in [0, 0.1) is 17.0 Å². The van der Waals surface area contributed by atoms with E-state index >= 15 is 0 Å². The predicted molar refractivity (Wildman–Crippen MR) is 154 cm³/mol. The zero-order valence-corrected chi connectivity index (χ0v) is 23.4. The molecule has 1 heterocycles. The number of non-ortho nitro benzene ring substituents is 1. The summed E-state index contributed by atoms with van der Waals surface area (Å²) in [5.41, 5.74) is 1.27. The molecule has 0 aliphatic heterocycles. The number of amides is 1. The van der Waals surface area contributed by atoms with Crippen molar-refractivity contribution in [1.82, 2.24) is 9.66 Å². The number of aryl methyl sites for hydroxylation is 1. The van der Waals surface area contributed by atoms with E-state index in [-0.39, 0.29) is 23.6 Å². The summed E-state index contributed by atoms with van der Waals surface area (Å²) in [6, 6.07) is 16.4. The number of nitrogens with one attached hydrogen (secondary N) is 1. The Hall–Kier alpha value is -4.38. The Bertz CT molecular complexity index is 1660. The molecule has 0 atom stereocenters. The van der Waals surface area contributed by atoms with Gasteiger partial charge in [-0.1, -0.05) is 54.4 Å². The first-order valence-electron chi connectivity index (χ1n) is 12.0. The maximum absolute atomic E-state index is 13.4. The first-order chi connectivity index (χ1) is 18.4. The summed E-state index contributed by atoms with van der Waals surface area (Å²) in [6.45, 7) is 7.31. The molecule has 1 amide bonds. The smallest absolute Gasteiger partial charge is 0.282 e. The van der Waals surface area contributed by atoms with Crippen molar-refractivity contribution in [3.8, 4) is 5.75 Å². The molecule has 0 bridgehead atoms. The van der Waals surface area contributed by atoms with Crippen LogP contribution in [-0.2, 0) is 10.2 Å². The van der Waals surface area contributed by atoms with Gasteiger partial charge in [0, 0.05) is 33.3 Å². The summed E-state index contributed by atoms with van der Waals surface area (Å²) >= 11 is 3.38. The summed E-state index contributed by atoms with van der Waals surface area (Å²) < 4.78 is 7.59. The number of nitro groups is 1. The molecule has 4 rings (SSSR count). The van der Waals surface area contributed by atoms with E-state index < -0.39 is 21.8 Å². The Morgan fingerprint density at radius 1 is 1.15 bits per heavy atom. The number of carbonyl (C=O) groups excluding carboxylic acids is 1. The number of hydrogen-bond acceptors (Lipinski definition) is 7. The molecule has 200 valence electrons. The summed E-state index contributed by atoms with van der Waals surface area (Å²) in [5, 5.41) is 18.9. The molecule has 4 aromatic rings. The number of nitrogens with zero attached hydrogens (tertiary/aromatic N) is 4. The Morgan fingerprint density at radius 2 is 1.87 bits per heavy atom. The number of halogens is 1. The largest absolute Gasteiger partial charge is 0.483 e. The Balaban J connectivity index is 1.70. The monoisotopic (exact) mass is 591 g/mol. The van der Waals surface area contributed by atoms with Crippen molar-refractivity contribution in [2.45, 2.75) is 33.1 Å². The highest BCUT2D eigenvalue weighted by molar-refractivity contribution is 9.10. The van der Waals surface area contributed by atoms with Gasteiger partial charge in [0.15, 0.2) is 6.61 Å². The molecule has 10 nitrogen and oxygen atoms in total. The lowest BCUT2D eigenvalue weighted by molar-refractivity contribution is -0.384. The fourth-order valence-electron chi connectivity index (χ4n) is 3.72. The molecule has 0 saturated carbocycles. The molecule has 1 aromatic heterocycles. The highest BCUT2D eigenvalue weighted by Crippen LogP contribution is 2.25. The van der Waals surface area contributed by atoms with Gasteiger partial charge in [0.2, 0.25) is 0 Å². The fourth-order valence-corrected chi connectivity index (χ4v) is 4.08. The molecule has 0 fully saturated rings. The normalized spacial score (nSPS) is 11.6. The van der Waals surface area contributed by atoms with E-state index in [9.17, 15) is 19.7 Å². The second-order valence-corrected chi connectivity index (χ2v) is 10.8. The molecular formula is C28H26BrN5O5. The van der Waals surface area contributed by atoms with Gasteiger partial charge in [0.25, 0.3) is 17.2 Å². The van der Waals surface area contributed by atoms with Crippen LogP contribution >= 0.6 is 15.9 Å². The lowest BCUT2D eigenvalue weighted by Crippen LogP contribution is -2.29. The summed E-state index contributed by atoms with van der Waals surface area (Å²) in [7, 11) is 0. The van der Waals surface area contributed by atoms with Crippen LogP contribution in [-0.4, -0.2) is 33.3 Å². The Kier molecular flexibility index (Phi) is 7.91. The average Bonchev–Trinajstić information content (AvgIpc) is 2.88. The van der Waals surface area contributed by atoms with Gasteiger partial charge in [-0.3, -0.25) is 19.7 Å². The van der Waals surface area contributed by atoms with E-state index in [0.717, 1.165) is 5.56 Å². The van der Waals surface area contributed by atoms with Gasteiger partial charge in [-0.2, -0.15) is 9.78 Å². The Labute approximate surface area is 232 Å². The number of carbonyl (C=O) groups is 1. The zero-order valence-electron chi connectivity index (χ0n) is 21.8. The van der Waals surface area contributed by atoms with E-state index in [0.29, 0.717) is 26.9 Å². The highest BCUT2D eigenvalue weighted by Gasteiger charge is 2.23. The molecule has 0 unspecified atom stereocenters. The maximum atomic E-state index is 13.4. The quantitative estimate of drug-likeness (QED) is 0.170. The van der Waals surface area contributed by atoms with Gasteiger partial charge in [0.05, 0.1) is 22.0 Å². The fraction of sp³-hybridized carbons (Fsp3) is 0.214. The molecule has 11 heteroatoms. The van der Waals surface area contributed by atoms with Crippen LogP contribution in [0.5, 0.6) is 5.75 Å². The van der Waals surface area contributed by atoms with Gasteiger partial charge < -0.3 is 10.1 Å². The van der Waals surface area contributed by atoms with Crippen LogP contribution in [0.3, 0.4) is 0 Å². The summed E-state index contributed by atoms with van der Waals surface area (Å²) in [5.74, 6) is 0.185. The van der Waals surface area contributed by atoms with E-state index in [1.54, 1.807) is 30.3 Å². The zero-order chi connectivity index (χ0) is 28.3. The minimum absolute atomic E-state index is 0.185. The summed E-state index contributed by atoms with van der Waals surface area (Å²) in [4.78, 5) is 41.4. The summed E-state index contributed by atoms with van der Waals surface area (Å²) in [6.07, 6.45) is 1.29. The van der Waals surface area contributed by atoms with Crippen molar-refractivity contribution >= 4 is 50.3 Å². The SMILES string of the molecule is Cc1ccc(NC(=O)COc2ccc([N+](=O)[O-])cc2C=Nn2c(C(C)(C)C)nc3ccc(Br)cc3c2=O)cc1. The molecule has 3 aromatic carbocycles. The number of fused-ring (bicyclic) bond motifs is 1. The number of benzene rings is 3. The van der Waals surface area contributed by atoms with Gasteiger partial charge in [-0.05, 0) is 43.3 Å². The number of anilines is 1. The molecular weight excluding hydrogens is 566 g/mol. The van der Waals surface area contributed by atoms with Crippen molar-refractivity contribution in [3.63, 3.8) is 0 Å². The van der Waals surface area contributed by atoms with Crippen LogP contribution in [0.4, 0.5) is 11.4 Å². The Morgan fingerprint density at radius 3 is 2.54 bits per heavy atom. The number of rotatable bonds is 7. The van der Waals surface area contributed by atoms with Gasteiger partial charge >= 0.3 is 0 Å². The van der Waals surface area contributed by atoms with Gasteiger partial charge in [-0.15, -0.1) is 0 Å². The van der Waals surface area contributed by atoms with Crippen molar-refractivity contribution < 1.29 is 14.5 Å². The third kappa shape index (κ3) is 6.55. The van der Waals surface area contributed by atoms with Gasteiger partial charge in [0.1, 0.15) is 11.6 Å². The molecule has 0 spiro atoms. The van der Waals surface area contributed by atoms with Crippen LogP contribution in [0.25, 0.3) is 10.9 Å². The van der Waals surface area contributed by atoms with Crippen molar-refractivity contribution in [2.24, 2.45) is 5.10 Å². The van der Waals surface area contributed by atoms with Crippen molar-refractivity contribution in [1.29, 1.82) is 0 Å². The third-order valence-corrected chi connectivity index (χ3v) is 6.18. The lowest BCUT2D eigenvalue weighted by Gasteiger charge is -2.21. The van der Waals surface area contributed by atoms with Gasteiger partial charge in [-0.25, -0.2) is 4.98 Å². The second kappa shape index (κ2) is 11.2. The number of hydrogen-bond donors (Lipinski definition) is 1. The topological polar surface area (TPSA) is 129 Å². The van der Waals surface area contributed by atoms with Crippen LogP contribution in [0.1, 0.15) is 37.7 Å². The van der Waals surface area contributed by atoms with E-state index in [1.165, 1.54) is 29.1 Å². The first-order valence-corrected chi connectivity index (χ1v) is 12.8. The molecule has 0 radical (unpaired) electrons. The van der Waals surface area contributed by atoms with Crippen LogP contribution < -0.4 is 15.6 Å². The first kappa shape index (κ1) is 27.6. The standard InChI is InChI=1S/C28H26BrN5O5/c1-17-5-8-20(9-6-17)31-25(35)16-39-24-12-10-21(34(37)38)13-18(24)15-30-33-26(36)22-14-19(29)7-11-23(22)32-27(33)28(2,3)4/h5-15H,16H2,1-4H3,(H,31,35). The molecule has 0 aliphatic carbocycles. The maximum Gasteiger partial charge on any atom is 0.282 e.